The predicted molar refractivity (Wildman–Crippen MR) is 77.2 cm³/mol. The van der Waals surface area contributed by atoms with E-state index in [0.29, 0.717) is 5.69 Å². The minimum Gasteiger partial charge on any atom is -0.377 e. The summed E-state index contributed by atoms with van der Waals surface area (Å²) in [7, 11) is 0. The number of halogens is 2. The predicted octanol–water partition coefficient (Wildman–Crippen LogP) is 3.46. The van der Waals surface area contributed by atoms with E-state index in [9.17, 15) is 10.1 Å². The van der Waals surface area contributed by atoms with Gasteiger partial charge in [-0.25, -0.2) is 0 Å². The van der Waals surface area contributed by atoms with Crippen molar-refractivity contribution in [1.82, 2.24) is 5.32 Å². The van der Waals surface area contributed by atoms with Crippen LogP contribution in [0.5, 0.6) is 0 Å². The molecule has 0 unspecified atom stereocenters. The van der Waals surface area contributed by atoms with Crippen LogP contribution >= 0.6 is 23.2 Å². The molecule has 2 N–H and O–H groups in total. The number of hydrogen-bond acceptors (Lipinski definition) is 4. The number of nitrogens with zero attached hydrogens (tertiary/aromatic N) is 1. The second-order valence-electron chi connectivity index (χ2n) is 4.98. The number of hydrogen-bond donors (Lipinski definition) is 2. The topological polar surface area (TPSA) is 67.2 Å². The van der Waals surface area contributed by atoms with E-state index in [1.807, 2.05) is 0 Å². The minimum absolute atomic E-state index is 0.101. The summed E-state index contributed by atoms with van der Waals surface area (Å²) in [5.41, 5.74) is 0.364. The highest BCUT2D eigenvalue weighted by molar-refractivity contribution is 6.39. The zero-order valence-electron chi connectivity index (χ0n) is 10.5. The van der Waals surface area contributed by atoms with E-state index in [0.717, 1.165) is 25.9 Å². The van der Waals surface area contributed by atoms with Crippen LogP contribution < -0.4 is 10.6 Å². The van der Waals surface area contributed by atoms with E-state index in [1.54, 1.807) is 0 Å². The molecule has 1 aliphatic rings. The van der Waals surface area contributed by atoms with E-state index in [4.69, 9.17) is 23.2 Å². The zero-order chi connectivity index (χ0) is 14.0. The first-order valence-electron chi connectivity index (χ1n) is 6.04. The van der Waals surface area contributed by atoms with Gasteiger partial charge in [0, 0.05) is 17.7 Å². The highest BCUT2D eigenvalue weighted by Crippen LogP contribution is 2.37. The van der Waals surface area contributed by atoms with Gasteiger partial charge in [0.25, 0.3) is 5.69 Å². The van der Waals surface area contributed by atoms with E-state index >= 15 is 0 Å². The Labute approximate surface area is 121 Å². The molecule has 1 saturated heterocycles. The fourth-order valence-electron chi connectivity index (χ4n) is 2.19. The Balaban J connectivity index is 2.27. The van der Waals surface area contributed by atoms with Crippen LogP contribution in [0, 0.1) is 10.1 Å². The molecule has 7 heteroatoms. The summed E-state index contributed by atoms with van der Waals surface area (Å²) >= 11 is 12.2. The highest BCUT2D eigenvalue weighted by atomic mass is 35.5. The van der Waals surface area contributed by atoms with E-state index < -0.39 is 4.92 Å². The maximum absolute atomic E-state index is 10.7. The lowest BCUT2D eigenvalue weighted by Gasteiger charge is -2.36. The summed E-state index contributed by atoms with van der Waals surface area (Å²) < 4.78 is 0. The Morgan fingerprint density at radius 2 is 1.84 bits per heavy atom. The van der Waals surface area contributed by atoms with Crippen LogP contribution in [-0.4, -0.2) is 23.6 Å². The largest absolute Gasteiger partial charge is 0.377 e. The van der Waals surface area contributed by atoms with Gasteiger partial charge in [-0.1, -0.05) is 23.2 Å². The first-order chi connectivity index (χ1) is 8.91. The number of nitro groups is 1. The summed E-state index contributed by atoms with van der Waals surface area (Å²) in [6.07, 6.45) is 1.88. The van der Waals surface area contributed by atoms with Gasteiger partial charge in [0.15, 0.2) is 0 Å². The van der Waals surface area contributed by atoms with E-state index in [2.05, 4.69) is 17.6 Å². The van der Waals surface area contributed by atoms with Crippen molar-refractivity contribution in [3.63, 3.8) is 0 Å². The van der Waals surface area contributed by atoms with Crippen LogP contribution in [-0.2, 0) is 0 Å². The number of nitrogens with one attached hydrogen (secondary N) is 2. The van der Waals surface area contributed by atoms with Gasteiger partial charge in [-0.15, -0.1) is 0 Å². The second kappa shape index (κ2) is 5.53. The van der Waals surface area contributed by atoms with Crippen LogP contribution in [0.2, 0.25) is 10.0 Å². The van der Waals surface area contributed by atoms with Crippen LogP contribution in [0.1, 0.15) is 19.8 Å². The van der Waals surface area contributed by atoms with Gasteiger partial charge in [-0.05, 0) is 32.9 Å². The number of anilines is 1. The molecule has 1 aliphatic heterocycles. The number of non-ortho nitro benzene ring substituents is 1. The van der Waals surface area contributed by atoms with Crippen molar-refractivity contribution in [2.75, 3.05) is 18.4 Å². The standard InChI is InChI=1S/C12H15Cl2N3O2/c1-12(2-4-15-5-3-12)16-11-9(13)6-8(17(18)19)7-10(11)14/h6-7,15-16H,2-5H2,1H3. The minimum atomic E-state index is -0.506. The van der Waals surface area contributed by atoms with Crippen LogP contribution in [0.4, 0.5) is 11.4 Å². The van der Waals surface area contributed by atoms with Gasteiger partial charge in [-0.2, -0.15) is 0 Å². The van der Waals surface area contributed by atoms with Crippen LogP contribution in [0.25, 0.3) is 0 Å². The summed E-state index contributed by atoms with van der Waals surface area (Å²) in [6, 6.07) is 2.64. The third-order valence-corrected chi connectivity index (χ3v) is 3.97. The SMILES string of the molecule is CC1(Nc2c(Cl)cc([N+](=O)[O-])cc2Cl)CCNCC1. The summed E-state index contributed by atoms with van der Waals surface area (Å²) in [5, 5.41) is 17.9. The van der Waals surface area contributed by atoms with Gasteiger partial charge >= 0.3 is 0 Å². The molecule has 19 heavy (non-hydrogen) atoms. The van der Waals surface area contributed by atoms with Crippen LogP contribution in [0.15, 0.2) is 12.1 Å². The number of rotatable bonds is 3. The molecule has 1 heterocycles. The summed E-state index contributed by atoms with van der Waals surface area (Å²) in [4.78, 5) is 10.2. The van der Waals surface area contributed by atoms with Gasteiger partial charge < -0.3 is 10.6 Å². The molecule has 2 rings (SSSR count). The molecule has 0 aromatic heterocycles. The van der Waals surface area contributed by atoms with Gasteiger partial charge in [0.1, 0.15) is 0 Å². The zero-order valence-corrected chi connectivity index (χ0v) is 12.0. The first-order valence-corrected chi connectivity index (χ1v) is 6.79. The Hall–Kier alpha value is -1.04. The van der Waals surface area contributed by atoms with Crippen molar-refractivity contribution in [3.05, 3.63) is 32.3 Å². The van der Waals surface area contributed by atoms with Gasteiger partial charge in [0.2, 0.25) is 0 Å². The lowest BCUT2D eigenvalue weighted by atomic mass is 9.90. The molecule has 0 aliphatic carbocycles. The second-order valence-corrected chi connectivity index (χ2v) is 5.79. The lowest BCUT2D eigenvalue weighted by Crippen LogP contribution is -2.45. The molecule has 104 valence electrons. The molecule has 0 bridgehead atoms. The molecular weight excluding hydrogens is 289 g/mol. The van der Waals surface area contributed by atoms with Crippen LogP contribution in [0.3, 0.4) is 0 Å². The van der Waals surface area contributed by atoms with Gasteiger partial charge in [0.05, 0.1) is 20.7 Å². The fourth-order valence-corrected chi connectivity index (χ4v) is 2.76. The quantitative estimate of drug-likeness (QED) is 0.663. The van der Waals surface area contributed by atoms with Crippen molar-refractivity contribution >= 4 is 34.6 Å². The molecule has 0 amide bonds. The fraction of sp³-hybridized carbons (Fsp3) is 0.500. The molecule has 5 nitrogen and oxygen atoms in total. The van der Waals surface area contributed by atoms with Gasteiger partial charge in [-0.3, -0.25) is 10.1 Å². The number of nitro benzene ring substituents is 1. The Morgan fingerprint density at radius 1 is 1.32 bits per heavy atom. The Morgan fingerprint density at radius 3 is 2.32 bits per heavy atom. The normalized spacial score (nSPS) is 18.1. The third kappa shape index (κ3) is 3.29. The Kier molecular flexibility index (Phi) is 4.18. The van der Waals surface area contributed by atoms with E-state index in [1.165, 1.54) is 12.1 Å². The number of piperidine rings is 1. The molecule has 1 aromatic rings. The Bertz CT molecular complexity index is 479. The summed E-state index contributed by atoms with van der Waals surface area (Å²) in [5.74, 6) is 0. The third-order valence-electron chi connectivity index (χ3n) is 3.37. The molecule has 0 atom stereocenters. The average molecular weight is 304 g/mol. The molecule has 0 spiro atoms. The molecular formula is C12H15Cl2N3O2. The monoisotopic (exact) mass is 303 g/mol. The molecule has 0 radical (unpaired) electrons. The van der Waals surface area contributed by atoms with E-state index in [-0.39, 0.29) is 21.3 Å². The first kappa shape index (κ1) is 14.4. The van der Waals surface area contributed by atoms with Crippen molar-refractivity contribution in [2.45, 2.75) is 25.3 Å². The smallest absolute Gasteiger partial charge is 0.272 e. The van der Waals surface area contributed by atoms with Crippen molar-refractivity contribution in [3.8, 4) is 0 Å². The molecule has 1 fully saturated rings. The average Bonchev–Trinajstić information content (AvgIpc) is 2.34. The summed E-state index contributed by atoms with van der Waals surface area (Å²) in [6.45, 7) is 3.94. The van der Waals surface area contributed by atoms with Crippen molar-refractivity contribution in [1.29, 1.82) is 0 Å². The van der Waals surface area contributed by atoms with Crippen molar-refractivity contribution < 1.29 is 4.92 Å². The molecule has 1 aromatic carbocycles. The maximum atomic E-state index is 10.7. The maximum Gasteiger partial charge on any atom is 0.272 e. The number of benzene rings is 1. The highest BCUT2D eigenvalue weighted by Gasteiger charge is 2.28. The van der Waals surface area contributed by atoms with Crippen molar-refractivity contribution in [2.24, 2.45) is 0 Å². The molecule has 0 saturated carbocycles. The lowest BCUT2D eigenvalue weighted by molar-refractivity contribution is -0.384.